The van der Waals surface area contributed by atoms with Crippen molar-refractivity contribution in [3.8, 4) is 0 Å². The van der Waals surface area contributed by atoms with E-state index in [0.717, 1.165) is 12.1 Å². The number of hydrogen-bond donors (Lipinski definition) is 2. The molecule has 0 radical (unpaired) electrons. The zero-order valence-corrected chi connectivity index (χ0v) is 17.9. The number of piperidine rings is 1. The molecule has 3 rings (SSSR count). The molecule has 2 aromatic rings. The molecule has 2 unspecified atom stereocenters. The monoisotopic (exact) mass is 448 g/mol. The predicted octanol–water partition coefficient (Wildman–Crippen LogP) is 1.44. The van der Waals surface area contributed by atoms with Gasteiger partial charge >= 0.3 is 0 Å². The summed E-state index contributed by atoms with van der Waals surface area (Å²) >= 11 is 0. The number of hydrogen-bond acceptors (Lipinski definition) is 5. The van der Waals surface area contributed by atoms with Gasteiger partial charge in [-0.15, -0.1) is 0 Å². The summed E-state index contributed by atoms with van der Waals surface area (Å²) in [5, 5.41) is 5.38. The molecule has 0 bridgehead atoms. The van der Waals surface area contributed by atoms with E-state index < -0.39 is 27.8 Å². The molecule has 1 aromatic carbocycles. The fourth-order valence-corrected chi connectivity index (χ4v) is 4.88. The molecule has 2 heterocycles. The van der Waals surface area contributed by atoms with Gasteiger partial charge in [0.05, 0.1) is 23.1 Å². The minimum Gasteiger partial charge on any atom is -0.349 e. The molecule has 2 atom stereocenters. The Hall–Kier alpha value is -2.85. The summed E-state index contributed by atoms with van der Waals surface area (Å²) < 4.78 is 40.0. The lowest BCUT2D eigenvalue weighted by Gasteiger charge is -2.31. The number of pyridine rings is 1. The van der Waals surface area contributed by atoms with Gasteiger partial charge in [0.2, 0.25) is 21.8 Å². The van der Waals surface area contributed by atoms with Crippen molar-refractivity contribution in [2.45, 2.75) is 37.2 Å². The molecule has 1 aliphatic heterocycles. The van der Waals surface area contributed by atoms with Crippen LogP contribution in [-0.2, 0) is 26.2 Å². The van der Waals surface area contributed by atoms with E-state index in [2.05, 4.69) is 15.6 Å². The Morgan fingerprint density at radius 2 is 1.97 bits per heavy atom. The van der Waals surface area contributed by atoms with Crippen LogP contribution in [0.1, 0.15) is 25.5 Å². The quantitative estimate of drug-likeness (QED) is 0.666. The SMILES string of the molecule is CC(NC(=O)C1CCCN(S(=O)(=O)c2ccc(F)cc2)C1)C(=O)NCc1ccccn1. The predicted molar refractivity (Wildman–Crippen MR) is 112 cm³/mol. The molecule has 0 aliphatic carbocycles. The number of halogens is 1. The van der Waals surface area contributed by atoms with Crippen LogP contribution in [0, 0.1) is 11.7 Å². The summed E-state index contributed by atoms with van der Waals surface area (Å²) in [7, 11) is -3.83. The molecular weight excluding hydrogens is 423 g/mol. The molecular formula is C21H25FN4O4S. The number of sulfonamides is 1. The summed E-state index contributed by atoms with van der Waals surface area (Å²) in [5.74, 6) is -1.83. The highest BCUT2D eigenvalue weighted by Gasteiger charge is 2.34. The second-order valence-electron chi connectivity index (χ2n) is 7.43. The van der Waals surface area contributed by atoms with Crippen molar-refractivity contribution >= 4 is 21.8 Å². The summed E-state index contributed by atoms with van der Waals surface area (Å²) in [5.41, 5.74) is 0.697. The Balaban J connectivity index is 1.56. The van der Waals surface area contributed by atoms with E-state index in [1.54, 1.807) is 25.3 Å². The summed E-state index contributed by atoms with van der Waals surface area (Å²) in [6.07, 6.45) is 2.66. The van der Waals surface area contributed by atoms with Crippen LogP contribution in [0.4, 0.5) is 4.39 Å². The van der Waals surface area contributed by atoms with E-state index in [1.165, 1.54) is 16.4 Å². The highest BCUT2D eigenvalue weighted by Crippen LogP contribution is 2.24. The molecule has 1 saturated heterocycles. The lowest BCUT2D eigenvalue weighted by Crippen LogP contribution is -2.50. The third-order valence-electron chi connectivity index (χ3n) is 5.13. The smallest absolute Gasteiger partial charge is 0.243 e. The average Bonchev–Trinajstić information content (AvgIpc) is 2.78. The van der Waals surface area contributed by atoms with Gasteiger partial charge in [0, 0.05) is 19.3 Å². The highest BCUT2D eigenvalue weighted by molar-refractivity contribution is 7.89. The third-order valence-corrected chi connectivity index (χ3v) is 7.01. The van der Waals surface area contributed by atoms with Gasteiger partial charge < -0.3 is 10.6 Å². The second-order valence-corrected chi connectivity index (χ2v) is 9.36. The average molecular weight is 449 g/mol. The van der Waals surface area contributed by atoms with Crippen LogP contribution >= 0.6 is 0 Å². The third kappa shape index (κ3) is 5.86. The van der Waals surface area contributed by atoms with Gasteiger partial charge in [-0.2, -0.15) is 4.31 Å². The van der Waals surface area contributed by atoms with Gasteiger partial charge in [0.25, 0.3) is 0 Å². The number of amides is 2. The molecule has 10 heteroatoms. The van der Waals surface area contributed by atoms with Crippen molar-refractivity contribution < 1.29 is 22.4 Å². The van der Waals surface area contributed by atoms with Crippen LogP contribution in [0.25, 0.3) is 0 Å². The molecule has 1 aliphatic rings. The number of aromatic nitrogens is 1. The number of nitrogens with one attached hydrogen (secondary N) is 2. The van der Waals surface area contributed by atoms with Gasteiger partial charge in [0.1, 0.15) is 11.9 Å². The molecule has 2 N–H and O–H groups in total. The Kier molecular flexibility index (Phi) is 7.34. The Morgan fingerprint density at radius 1 is 1.23 bits per heavy atom. The van der Waals surface area contributed by atoms with E-state index in [0.29, 0.717) is 18.5 Å². The van der Waals surface area contributed by atoms with Gasteiger partial charge in [-0.3, -0.25) is 14.6 Å². The normalized spacial score (nSPS) is 18.2. The highest BCUT2D eigenvalue weighted by atomic mass is 32.2. The van der Waals surface area contributed by atoms with E-state index >= 15 is 0 Å². The summed E-state index contributed by atoms with van der Waals surface area (Å²) in [6.45, 7) is 2.10. The number of carbonyl (C=O) groups excluding carboxylic acids is 2. The molecule has 31 heavy (non-hydrogen) atoms. The van der Waals surface area contributed by atoms with E-state index in [9.17, 15) is 22.4 Å². The summed E-state index contributed by atoms with van der Waals surface area (Å²) in [6, 6.07) is 9.19. The number of nitrogens with zero attached hydrogens (tertiary/aromatic N) is 2. The lowest BCUT2D eigenvalue weighted by molar-refractivity contribution is -0.131. The van der Waals surface area contributed by atoms with Crippen LogP contribution in [0.2, 0.25) is 0 Å². The molecule has 8 nitrogen and oxygen atoms in total. The fraction of sp³-hybridized carbons (Fsp3) is 0.381. The minimum absolute atomic E-state index is 0.00776. The Labute approximate surface area is 180 Å². The zero-order chi connectivity index (χ0) is 22.4. The first-order valence-electron chi connectivity index (χ1n) is 10.0. The van der Waals surface area contributed by atoms with Crippen molar-refractivity contribution in [3.63, 3.8) is 0 Å². The van der Waals surface area contributed by atoms with Crippen molar-refractivity contribution in [1.29, 1.82) is 0 Å². The maximum absolute atomic E-state index is 13.1. The molecule has 0 spiro atoms. The zero-order valence-electron chi connectivity index (χ0n) is 17.1. The van der Waals surface area contributed by atoms with Crippen LogP contribution in [0.5, 0.6) is 0 Å². The van der Waals surface area contributed by atoms with Crippen LogP contribution < -0.4 is 10.6 Å². The standard InChI is InChI=1S/C21H25FN4O4S/c1-15(20(27)24-13-18-6-2-3-11-23-18)25-21(28)16-5-4-12-26(14-16)31(29,30)19-9-7-17(22)8-10-19/h2-3,6-11,15-16H,4-5,12-14H2,1H3,(H,24,27)(H,25,28). The van der Waals surface area contributed by atoms with Crippen molar-refractivity contribution in [3.05, 3.63) is 60.2 Å². The second kappa shape index (κ2) is 9.97. The van der Waals surface area contributed by atoms with Crippen LogP contribution in [-0.4, -0.2) is 48.7 Å². The van der Waals surface area contributed by atoms with Gasteiger partial charge in [-0.1, -0.05) is 6.07 Å². The van der Waals surface area contributed by atoms with E-state index in [-0.39, 0.29) is 36.3 Å². The first-order chi connectivity index (χ1) is 14.8. The van der Waals surface area contributed by atoms with Crippen molar-refractivity contribution in [1.82, 2.24) is 19.9 Å². The largest absolute Gasteiger partial charge is 0.349 e. The van der Waals surface area contributed by atoms with Crippen LogP contribution in [0.15, 0.2) is 53.6 Å². The van der Waals surface area contributed by atoms with Crippen LogP contribution in [0.3, 0.4) is 0 Å². The maximum atomic E-state index is 13.1. The molecule has 1 fully saturated rings. The first-order valence-corrected chi connectivity index (χ1v) is 11.4. The van der Waals surface area contributed by atoms with Gasteiger partial charge in [-0.25, -0.2) is 12.8 Å². The van der Waals surface area contributed by atoms with E-state index in [1.807, 2.05) is 6.07 Å². The molecule has 1 aromatic heterocycles. The van der Waals surface area contributed by atoms with Crippen molar-refractivity contribution in [2.24, 2.45) is 5.92 Å². The Morgan fingerprint density at radius 3 is 2.65 bits per heavy atom. The lowest BCUT2D eigenvalue weighted by atomic mass is 9.98. The topological polar surface area (TPSA) is 108 Å². The Bertz CT molecular complexity index is 1020. The van der Waals surface area contributed by atoms with Gasteiger partial charge in [0.15, 0.2) is 0 Å². The molecule has 2 amide bonds. The van der Waals surface area contributed by atoms with Crippen molar-refractivity contribution in [2.75, 3.05) is 13.1 Å². The number of rotatable bonds is 7. The molecule has 0 saturated carbocycles. The molecule has 166 valence electrons. The van der Waals surface area contributed by atoms with E-state index in [4.69, 9.17) is 0 Å². The minimum atomic E-state index is -3.83. The summed E-state index contributed by atoms with van der Waals surface area (Å²) in [4.78, 5) is 29.1. The first kappa shape index (κ1) is 22.8. The fourth-order valence-electron chi connectivity index (χ4n) is 3.36. The maximum Gasteiger partial charge on any atom is 0.243 e. The number of benzene rings is 1. The number of carbonyl (C=O) groups is 2. The van der Waals surface area contributed by atoms with Gasteiger partial charge in [-0.05, 0) is 56.2 Å².